The van der Waals surface area contributed by atoms with E-state index in [1.807, 2.05) is 61.5 Å². The van der Waals surface area contributed by atoms with Gasteiger partial charge in [0.25, 0.3) is 0 Å². The van der Waals surface area contributed by atoms with Crippen LogP contribution in [0.3, 0.4) is 0 Å². The standard InChI is InChI=1S/C17H20N2O2/c1-13-6-5-9-15(12-13)19-17(21)18-11-10-16(20)14-7-3-2-4-8-14/h2-9,12,16,20H,10-11H2,1H3,(H2,18,19,21). The number of aliphatic hydroxyl groups excluding tert-OH is 1. The monoisotopic (exact) mass is 284 g/mol. The zero-order valence-electron chi connectivity index (χ0n) is 12.0. The molecule has 110 valence electrons. The molecule has 1 unspecified atom stereocenters. The van der Waals surface area contributed by atoms with E-state index >= 15 is 0 Å². The lowest BCUT2D eigenvalue weighted by Crippen LogP contribution is -2.30. The number of hydrogen-bond acceptors (Lipinski definition) is 2. The van der Waals surface area contributed by atoms with Crippen LogP contribution in [0.1, 0.15) is 23.7 Å². The summed E-state index contributed by atoms with van der Waals surface area (Å²) < 4.78 is 0. The molecule has 0 aliphatic rings. The van der Waals surface area contributed by atoms with Crippen LogP contribution >= 0.6 is 0 Å². The second-order valence-corrected chi connectivity index (χ2v) is 4.97. The van der Waals surface area contributed by atoms with Gasteiger partial charge in [-0.05, 0) is 36.6 Å². The molecule has 0 aliphatic heterocycles. The summed E-state index contributed by atoms with van der Waals surface area (Å²) >= 11 is 0. The fourth-order valence-corrected chi connectivity index (χ4v) is 2.06. The van der Waals surface area contributed by atoms with Gasteiger partial charge in [0, 0.05) is 12.2 Å². The van der Waals surface area contributed by atoms with E-state index in [0.29, 0.717) is 13.0 Å². The van der Waals surface area contributed by atoms with Crippen molar-refractivity contribution in [2.24, 2.45) is 0 Å². The Morgan fingerprint density at radius 2 is 1.90 bits per heavy atom. The molecule has 0 bridgehead atoms. The van der Waals surface area contributed by atoms with Gasteiger partial charge in [-0.1, -0.05) is 42.5 Å². The molecule has 4 heteroatoms. The van der Waals surface area contributed by atoms with Crippen molar-refractivity contribution in [1.29, 1.82) is 0 Å². The molecule has 0 heterocycles. The van der Waals surface area contributed by atoms with E-state index in [-0.39, 0.29) is 6.03 Å². The third-order valence-corrected chi connectivity index (χ3v) is 3.16. The van der Waals surface area contributed by atoms with Crippen LogP contribution in [0.4, 0.5) is 10.5 Å². The lowest BCUT2D eigenvalue weighted by Gasteiger charge is -2.12. The number of urea groups is 1. The van der Waals surface area contributed by atoms with Crippen LogP contribution in [-0.2, 0) is 0 Å². The van der Waals surface area contributed by atoms with Crippen LogP contribution in [0.2, 0.25) is 0 Å². The number of rotatable bonds is 5. The Morgan fingerprint density at radius 1 is 1.14 bits per heavy atom. The number of aryl methyl sites for hydroxylation is 1. The molecule has 0 saturated carbocycles. The Hall–Kier alpha value is -2.33. The smallest absolute Gasteiger partial charge is 0.319 e. The summed E-state index contributed by atoms with van der Waals surface area (Å²) in [5.74, 6) is 0. The molecule has 2 aromatic rings. The summed E-state index contributed by atoms with van der Waals surface area (Å²) in [4.78, 5) is 11.7. The first-order valence-electron chi connectivity index (χ1n) is 6.99. The molecule has 3 N–H and O–H groups in total. The van der Waals surface area contributed by atoms with Gasteiger partial charge in [0.1, 0.15) is 0 Å². The van der Waals surface area contributed by atoms with Crippen molar-refractivity contribution < 1.29 is 9.90 Å². The van der Waals surface area contributed by atoms with Crippen molar-refractivity contribution in [2.75, 3.05) is 11.9 Å². The van der Waals surface area contributed by atoms with E-state index in [4.69, 9.17) is 0 Å². The van der Waals surface area contributed by atoms with Gasteiger partial charge < -0.3 is 15.7 Å². The van der Waals surface area contributed by atoms with Gasteiger partial charge >= 0.3 is 6.03 Å². The number of nitrogens with one attached hydrogen (secondary N) is 2. The molecule has 21 heavy (non-hydrogen) atoms. The quantitative estimate of drug-likeness (QED) is 0.789. The lowest BCUT2D eigenvalue weighted by molar-refractivity contribution is 0.167. The summed E-state index contributed by atoms with van der Waals surface area (Å²) in [6.07, 6.45) is -0.0869. The van der Waals surface area contributed by atoms with E-state index in [1.165, 1.54) is 0 Å². The Balaban J connectivity index is 1.74. The van der Waals surface area contributed by atoms with E-state index in [0.717, 1.165) is 16.8 Å². The molecule has 2 amide bonds. The zero-order chi connectivity index (χ0) is 15.1. The van der Waals surface area contributed by atoms with Crippen LogP contribution in [0, 0.1) is 6.92 Å². The van der Waals surface area contributed by atoms with Gasteiger partial charge in [-0.15, -0.1) is 0 Å². The molecule has 0 saturated heterocycles. The number of benzene rings is 2. The van der Waals surface area contributed by atoms with Crippen molar-refractivity contribution in [3.8, 4) is 0 Å². The Labute approximate surface area is 124 Å². The maximum Gasteiger partial charge on any atom is 0.319 e. The highest BCUT2D eigenvalue weighted by molar-refractivity contribution is 5.89. The van der Waals surface area contributed by atoms with Crippen molar-refractivity contribution >= 4 is 11.7 Å². The van der Waals surface area contributed by atoms with E-state index < -0.39 is 6.10 Å². The van der Waals surface area contributed by atoms with Crippen molar-refractivity contribution in [2.45, 2.75) is 19.4 Å². The van der Waals surface area contributed by atoms with Crippen LogP contribution in [-0.4, -0.2) is 17.7 Å². The van der Waals surface area contributed by atoms with Crippen LogP contribution < -0.4 is 10.6 Å². The molecule has 0 aliphatic carbocycles. The van der Waals surface area contributed by atoms with Gasteiger partial charge in [-0.3, -0.25) is 0 Å². The largest absolute Gasteiger partial charge is 0.388 e. The maximum atomic E-state index is 11.7. The highest BCUT2D eigenvalue weighted by Crippen LogP contribution is 2.15. The lowest BCUT2D eigenvalue weighted by atomic mass is 10.1. The van der Waals surface area contributed by atoms with E-state index in [9.17, 15) is 9.90 Å². The first-order chi connectivity index (χ1) is 10.1. The second kappa shape index (κ2) is 7.45. The minimum atomic E-state index is -0.564. The third-order valence-electron chi connectivity index (χ3n) is 3.16. The fourth-order valence-electron chi connectivity index (χ4n) is 2.06. The van der Waals surface area contributed by atoms with Crippen molar-refractivity contribution in [3.05, 3.63) is 65.7 Å². The minimum Gasteiger partial charge on any atom is -0.388 e. The zero-order valence-corrected chi connectivity index (χ0v) is 12.0. The SMILES string of the molecule is Cc1cccc(NC(=O)NCCC(O)c2ccccc2)c1. The summed E-state index contributed by atoms with van der Waals surface area (Å²) in [7, 11) is 0. The fraction of sp³-hybridized carbons (Fsp3) is 0.235. The molecule has 4 nitrogen and oxygen atoms in total. The minimum absolute atomic E-state index is 0.263. The Kier molecular flexibility index (Phi) is 5.35. The molecular formula is C17H20N2O2. The van der Waals surface area contributed by atoms with Crippen molar-refractivity contribution in [3.63, 3.8) is 0 Å². The number of hydrogen-bond donors (Lipinski definition) is 3. The molecule has 0 radical (unpaired) electrons. The van der Waals surface area contributed by atoms with Crippen LogP contribution in [0.25, 0.3) is 0 Å². The predicted octanol–water partition coefficient (Wildman–Crippen LogP) is 3.24. The van der Waals surface area contributed by atoms with Crippen LogP contribution in [0.15, 0.2) is 54.6 Å². The van der Waals surface area contributed by atoms with E-state index in [2.05, 4.69) is 10.6 Å². The molecular weight excluding hydrogens is 264 g/mol. The topological polar surface area (TPSA) is 61.4 Å². The van der Waals surface area contributed by atoms with Crippen LogP contribution in [0.5, 0.6) is 0 Å². The Morgan fingerprint density at radius 3 is 2.62 bits per heavy atom. The number of carbonyl (C=O) groups excluding carboxylic acids is 1. The average Bonchev–Trinajstić information content (AvgIpc) is 2.48. The Bertz CT molecular complexity index is 584. The highest BCUT2D eigenvalue weighted by atomic mass is 16.3. The number of carbonyl (C=O) groups is 1. The van der Waals surface area contributed by atoms with Gasteiger partial charge in [-0.2, -0.15) is 0 Å². The molecule has 2 aromatic carbocycles. The second-order valence-electron chi connectivity index (χ2n) is 4.97. The molecule has 0 fully saturated rings. The van der Waals surface area contributed by atoms with Gasteiger partial charge in [-0.25, -0.2) is 4.79 Å². The first-order valence-corrected chi connectivity index (χ1v) is 6.99. The summed E-state index contributed by atoms with van der Waals surface area (Å²) in [5, 5.41) is 15.5. The summed E-state index contributed by atoms with van der Waals surface area (Å²) in [6.45, 7) is 2.38. The maximum absolute atomic E-state index is 11.7. The molecule has 0 aromatic heterocycles. The predicted molar refractivity (Wildman–Crippen MR) is 84.2 cm³/mol. The molecule has 0 spiro atoms. The number of anilines is 1. The third kappa shape index (κ3) is 4.93. The van der Waals surface area contributed by atoms with Gasteiger partial charge in [0.15, 0.2) is 0 Å². The normalized spacial score (nSPS) is 11.7. The molecule has 1 atom stereocenters. The molecule has 2 rings (SSSR count). The van der Waals surface area contributed by atoms with Gasteiger partial charge in [0.05, 0.1) is 6.10 Å². The first kappa shape index (κ1) is 15.1. The highest BCUT2D eigenvalue weighted by Gasteiger charge is 2.07. The number of amides is 2. The van der Waals surface area contributed by atoms with E-state index in [1.54, 1.807) is 0 Å². The summed E-state index contributed by atoms with van der Waals surface area (Å²) in [6, 6.07) is 16.8. The van der Waals surface area contributed by atoms with Gasteiger partial charge in [0.2, 0.25) is 0 Å². The van der Waals surface area contributed by atoms with Crippen molar-refractivity contribution in [1.82, 2.24) is 5.32 Å². The average molecular weight is 284 g/mol. The summed E-state index contributed by atoms with van der Waals surface area (Å²) in [5.41, 5.74) is 2.71. The number of aliphatic hydroxyl groups is 1.